The highest BCUT2D eigenvalue weighted by atomic mass is 19.1. The molecule has 0 spiro atoms. The molecule has 1 aliphatic carbocycles. The normalized spacial score (nSPS) is 26.4. The summed E-state index contributed by atoms with van der Waals surface area (Å²) in [5.74, 6) is 3.41. The Labute approximate surface area is 266 Å². The molecule has 0 amide bonds. The second-order valence-corrected chi connectivity index (χ2v) is 13.8. The van der Waals surface area contributed by atoms with Gasteiger partial charge in [0.2, 0.25) is 0 Å². The van der Waals surface area contributed by atoms with Gasteiger partial charge in [-0.15, -0.1) is 0 Å². The lowest BCUT2D eigenvalue weighted by molar-refractivity contribution is 0.217. The van der Waals surface area contributed by atoms with Crippen LogP contribution in [0.15, 0.2) is 12.1 Å². The third-order valence-corrected chi connectivity index (χ3v) is 10.7. The van der Waals surface area contributed by atoms with Gasteiger partial charge in [-0.2, -0.15) is 5.26 Å². The van der Waals surface area contributed by atoms with Crippen molar-refractivity contribution in [3.8, 4) is 6.07 Å². The predicted molar refractivity (Wildman–Crippen MR) is 181 cm³/mol. The number of hydrogen-bond acceptors (Lipinski definition) is 6. The number of anilines is 2. The minimum atomic E-state index is -0.551. The fraction of sp³-hybridized carbons (Fsp3) is 0.703. The van der Waals surface area contributed by atoms with Gasteiger partial charge in [-0.1, -0.05) is 54.5 Å². The van der Waals surface area contributed by atoms with E-state index in [1.165, 1.54) is 41.9 Å². The molecular formula is C37H57FN6. The van der Waals surface area contributed by atoms with E-state index in [0.29, 0.717) is 35.7 Å². The van der Waals surface area contributed by atoms with Crippen LogP contribution in [0.4, 0.5) is 15.9 Å². The summed E-state index contributed by atoms with van der Waals surface area (Å²) in [4.78, 5) is 14.8. The lowest BCUT2D eigenvalue weighted by atomic mass is 9.76. The topological polar surface area (TPSA) is 82.1 Å². The van der Waals surface area contributed by atoms with Gasteiger partial charge < -0.3 is 10.6 Å². The molecule has 6 rings (SSSR count). The number of aromatic nitrogens is 2. The number of nitrogens with two attached hydrogens (primary N) is 1. The zero-order valence-corrected chi connectivity index (χ0v) is 28.7. The van der Waals surface area contributed by atoms with Crippen LogP contribution in [0, 0.1) is 17.2 Å². The Hall–Kier alpha value is -2.72. The van der Waals surface area contributed by atoms with Crippen LogP contribution in [0.25, 0.3) is 0 Å². The number of fused-ring (bicyclic) bond motifs is 2. The Morgan fingerprint density at radius 3 is 2.48 bits per heavy atom. The first kappa shape index (κ1) is 34.2. The van der Waals surface area contributed by atoms with Crippen molar-refractivity contribution < 1.29 is 4.39 Å². The fourth-order valence-electron chi connectivity index (χ4n) is 7.92. The molecular weight excluding hydrogens is 547 g/mol. The van der Waals surface area contributed by atoms with Crippen LogP contribution in [0.1, 0.15) is 140 Å². The van der Waals surface area contributed by atoms with Crippen LogP contribution < -0.4 is 10.6 Å². The molecule has 3 aliphatic heterocycles. The first-order chi connectivity index (χ1) is 21.1. The van der Waals surface area contributed by atoms with Gasteiger partial charge in [0.15, 0.2) is 0 Å². The Kier molecular flexibility index (Phi) is 11.3. The quantitative estimate of drug-likeness (QED) is 0.335. The van der Waals surface area contributed by atoms with Crippen molar-refractivity contribution in [2.24, 2.45) is 5.92 Å². The van der Waals surface area contributed by atoms with E-state index in [9.17, 15) is 9.65 Å². The summed E-state index contributed by atoms with van der Waals surface area (Å²) in [6.07, 6.45) is 8.65. The van der Waals surface area contributed by atoms with Crippen molar-refractivity contribution in [3.63, 3.8) is 0 Å². The van der Waals surface area contributed by atoms with Gasteiger partial charge in [0.1, 0.15) is 23.9 Å². The minimum Gasteiger partial charge on any atom is -0.398 e. The summed E-state index contributed by atoms with van der Waals surface area (Å²) in [7, 11) is 0. The Bertz CT molecular complexity index is 1320. The summed E-state index contributed by atoms with van der Waals surface area (Å²) in [5, 5.41) is 9.96. The Morgan fingerprint density at radius 1 is 1.14 bits per heavy atom. The van der Waals surface area contributed by atoms with Gasteiger partial charge in [0.05, 0.1) is 11.3 Å². The van der Waals surface area contributed by atoms with Crippen LogP contribution in [-0.4, -0.2) is 52.3 Å². The summed E-state index contributed by atoms with van der Waals surface area (Å²) in [6, 6.07) is 7.06. The number of halogens is 1. The van der Waals surface area contributed by atoms with Gasteiger partial charge in [0.25, 0.3) is 0 Å². The second-order valence-electron chi connectivity index (χ2n) is 13.8. The number of alkyl halides is 1. The third kappa shape index (κ3) is 6.76. The largest absolute Gasteiger partial charge is 0.398 e. The number of nitrogens with zero attached hydrogens (tertiary/aromatic N) is 5. The number of aryl methyl sites for hydroxylation is 1. The molecule has 1 aromatic carbocycles. The van der Waals surface area contributed by atoms with E-state index in [4.69, 9.17) is 15.7 Å². The molecule has 0 radical (unpaired) electrons. The highest BCUT2D eigenvalue weighted by Crippen LogP contribution is 2.43. The van der Waals surface area contributed by atoms with E-state index >= 15 is 0 Å². The SMILES string of the molecule is CC.CC12CCCN1CC(F)C2.CCc1nc2c(c(N3CCC3C(C)C)n1)CCC(c1c(C(C)CC)ccc(N)c1C#N)C2. The number of nitrogen functional groups attached to an aromatic ring is 1. The monoisotopic (exact) mass is 604 g/mol. The van der Waals surface area contributed by atoms with E-state index in [2.05, 4.69) is 63.5 Å². The average molecular weight is 605 g/mol. The van der Waals surface area contributed by atoms with E-state index < -0.39 is 6.17 Å². The maximum Gasteiger partial charge on any atom is 0.136 e. The molecule has 3 saturated heterocycles. The van der Waals surface area contributed by atoms with Crippen molar-refractivity contribution in [3.05, 3.63) is 45.9 Å². The number of rotatable bonds is 6. The summed E-state index contributed by atoms with van der Waals surface area (Å²) >= 11 is 0. The van der Waals surface area contributed by atoms with E-state index in [1.54, 1.807) is 0 Å². The first-order valence-electron chi connectivity index (χ1n) is 17.5. The maximum absolute atomic E-state index is 12.8. The standard InChI is InChI=1S/C27H37N5.C8H14FN.C2H6/c1-6-17(5)19-10-11-22(29)21(15-28)26(19)18-8-9-20-23(14-18)30-25(7-2)31-27(20)32-13-12-24(32)16(3)4;1-8-3-2-4-10(8)6-7(9)5-8;1-2/h10-11,16-18,24H,6-9,12-14,29H2,1-5H3;7H,2-6H2,1H3;1-2H3. The molecule has 3 fully saturated rings. The van der Waals surface area contributed by atoms with E-state index in [1.807, 2.05) is 19.9 Å². The van der Waals surface area contributed by atoms with Gasteiger partial charge in [-0.3, -0.25) is 4.90 Å². The molecule has 0 bridgehead atoms. The molecule has 1 aromatic heterocycles. The third-order valence-electron chi connectivity index (χ3n) is 10.7. The molecule has 4 heterocycles. The number of nitriles is 1. The first-order valence-corrected chi connectivity index (χ1v) is 17.5. The average Bonchev–Trinajstić information content (AvgIpc) is 3.49. The minimum absolute atomic E-state index is 0.236. The molecule has 44 heavy (non-hydrogen) atoms. The molecule has 6 nitrogen and oxygen atoms in total. The molecule has 5 atom stereocenters. The highest BCUT2D eigenvalue weighted by Gasteiger charge is 2.44. The zero-order valence-electron chi connectivity index (χ0n) is 28.7. The van der Waals surface area contributed by atoms with Crippen molar-refractivity contribution in [2.45, 2.75) is 143 Å². The van der Waals surface area contributed by atoms with E-state index in [0.717, 1.165) is 63.0 Å². The van der Waals surface area contributed by atoms with Crippen LogP contribution in [0.3, 0.4) is 0 Å². The lowest BCUT2D eigenvalue weighted by Crippen LogP contribution is -2.52. The van der Waals surface area contributed by atoms with Gasteiger partial charge in [0, 0.05) is 42.3 Å². The number of benzene rings is 1. The molecule has 242 valence electrons. The van der Waals surface area contributed by atoms with Crippen LogP contribution in [0.5, 0.6) is 0 Å². The van der Waals surface area contributed by atoms with Crippen molar-refractivity contribution in [1.29, 1.82) is 5.26 Å². The summed E-state index contributed by atoms with van der Waals surface area (Å²) in [5.41, 5.74) is 12.7. The molecule has 7 heteroatoms. The van der Waals surface area contributed by atoms with Crippen LogP contribution in [-0.2, 0) is 19.3 Å². The van der Waals surface area contributed by atoms with Gasteiger partial charge >= 0.3 is 0 Å². The van der Waals surface area contributed by atoms with Crippen molar-refractivity contribution in [1.82, 2.24) is 14.9 Å². The maximum atomic E-state index is 12.8. The van der Waals surface area contributed by atoms with Crippen LogP contribution >= 0.6 is 0 Å². The molecule has 2 N–H and O–H groups in total. The molecule has 4 aliphatic rings. The van der Waals surface area contributed by atoms with Crippen LogP contribution in [0.2, 0.25) is 0 Å². The zero-order chi connectivity index (χ0) is 32.2. The summed E-state index contributed by atoms with van der Waals surface area (Å²) in [6.45, 7) is 20.3. The fourth-order valence-corrected chi connectivity index (χ4v) is 7.92. The summed E-state index contributed by atoms with van der Waals surface area (Å²) < 4.78 is 12.8. The lowest BCUT2D eigenvalue weighted by Gasteiger charge is -2.46. The molecule has 0 saturated carbocycles. The molecule has 5 unspecified atom stereocenters. The second kappa shape index (κ2) is 14.6. The van der Waals surface area contributed by atoms with Crippen molar-refractivity contribution >= 4 is 11.5 Å². The number of hydrogen-bond donors (Lipinski definition) is 1. The predicted octanol–water partition coefficient (Wildman–Crippen LogP) is 8.12. The van der Waals surface area contributed by atoms with Gasteiger partial charge in [-0.25, -0.2) is 14.4 Å². The molecule has 2 aromatic rings. The Balaban J connectivity index is 0.000000307. The van der Waals surface area contributed by atoms with E-state index in [-0.39, 0.29) is 11.5 Å². The van der Waals surface area contributed by atoms with Crippen molar-refractivity contribution in [2.75, 3.05) is 30.3 Å². The highest BCUT2D eigenvalue weighted by molar-refractivity contribution is 5.63. The smallest absolute Gasteiger partial charge is 0.136 e. The van der Waals surface area contributed by atoms with Gasteiger partial charge in [-0.05, 0) is 99.8 Å². The Morgan fingerprint density at radius 2 is 1.89 bits per heavy atom.